The quantitative estimate of drug-likeness (QED) is 0.710. The number of hydrogen-bond donors (Lipinski definition) is 1. The summed E-state index contributed by atoms with van der Waals surface area (Å²) in [4.78, 5) is 24.9. The van der Waals surface area contributed by atoms with E-state index < -0.39 is 23.1 Å². The largest absolute Gasteiger partial charge is 0.350 e. The van der Waals surface area contributed by atoms with Crippen LogP contribution in [0.2, 0.25) is 0 Å². The first kappa shape index (κ1) is 18.1. The molecule has 0 spiro atoms. The van der Waals surface area contributed by atoms with Crippen LogP contribution in [0.25, 0.3) is 5.69 Å². The van der Waals surface area contributed by atoms with Gasteiger partial charge >= 0.3 is 5.69 Å². The van der Waals surface area contributed by atoms with Crippen LogP contribution < -0.4 is 11.0 Å². The van der Waals surface area contributed by atoms with E-state index in [-0.39, 0.29) is 24.7 Å². The smallest absolute Gasteiger partial charge is 0.350 e. The van der Waals surface area contributed by atoms with Gasteiger partial charge in [-0.1, -0.05) is 24.3 Å². The molecular formula is C20H18F2N4O2. The number of carbonyl (C=O) groups is 1. The van der Waals surface area contributed by atoms with Crippen molar-refractivity contribution in [1.82, 2.24) is 19.7 Å². The Bertz CT molecular complexity index is 1050. The van der Waals surface area contributed by atoms with Crippen LogP contribution in [0.4, 0.5) is 8.78 Å². The molecule has 2 aromatic carbocycles. The molecule has 3 aromatic rings. The third-order valence-corrected chi connectivity index (χ3v) is 4.62. The van der Waals surface area contributed by atoms with Gasteiger partial charge in [-0.15, -0.1) is 0 Å². The molecule has 0 unspecified atom stereocenters. The number of nitrogens with zero attached hydrogens (tertiary/aromatic N) is 3. The minimum atomic E-state index is -0.931. The second-order valence-corrected chi connectivity index (χ2v) is 6.66. The van der Waals surface area contributed by atoms with Crippen LogP contribution in [-0.2, 0) is 6.54 Å². The molecule has 8 heteroatoms. The van der Waals surface area contributed by atoms with Crippen LogP contribution >= 0.6 is 0 Å². The molecule has 28 heavy (non-hydrogen) atoms. The van der Waals surface area contributed by atoms with Gasteiger partial charge in [-0.05, 0) is 37.1 Å². The molecule has 0 atom stereocenters. The van der Waals surface area contributed by atoms with Gasteiger partial charge < -0.3 is 5.32 Å². The van der Waals surface area contributed by atoms with Crippen LogP contribution in [0.3, 0.4) is 0 Å². The molecule has 1 aliphatic carbocycles. The zero-order valence-corrected chi connectivity index (χ0v) is 14.9. The number of halogens is 2. The minimum absolute atomic E-state index is 0.0163. The molecule has 1 saturated carbocycles. The average molecular weight is 384 g/mol. The highest BCUT2D eigenvalue weighted by atomic mass is 19.1. The third-order valence-electron chi connectivity index (χ3n) is 4.62. The molecule has 1 fully saturated rings. The van der Waals surface area contributed by atoms with Gasteiger partial charge in [-0.2, -0.15) is 5.10 Å². The first-order chi connectivity index (χ1) is 13.6. The fourth-order valence-corrected chi connectivity index (χ4v) is 3.07. The second-order valence-electron chi connectivity index (χ2n) is 6.66. The van der Waals surface area contributed by atoms with Gasteiger partial charge in [-0.25, -0.2) is 22.8 Å². The molecule has 6 nitrogen and oxygen atoms in total. The lowest BCUT2D eigenvalue weighted by Crippen LogP contribution is -2.32. The van der Waals surface area contributed by atoms with Crippen LogP contribution in [0.1, 0.15) is 34.9 Å². The fourth-order valence-electron chi connectivity index (χ4n) is 3.07. The maximum absolute atomic E-state index is 13.7. The Morgan fingerprint density at radius 2 is 1.75 bits per heavy atom. The fraction of sp³-hybridized carbons (Fsp3) is 0.250. The summed E-state index contributed by atoms with van der Waals surface area (Å²) in [6, 6.07) is 12.5. The van der Waals surface area contributed by atoms with Crippen molar-refractivity contribution in [2.75, 3.05) is 6.54 Å². The van der Waals surface area contributed by atoms with E-state index in [2.05, 4.69) is 10.4 Å². The monoisotopic (exact) mass is 384 g/mol. The average Bonchev–Trinajstić information content (AvgIpc) is 3.47. The molecular weight excluding hydrogens is 366 g/mol. The number of para-hydroxylation sites is 1. The minimum Gasteiger partial charge on any atom is -0.350 e. The van der Waals surface area contributed by atoms with Gasteiger partial charge in [0.1, 0.15) is 23.0 Å². The van der Waals surface area contributed by atoms with Crippen molar-refractivity contribution in [3.05, 3.63) is 82.0 Å². The number of nitrogens with one attached hydrogen (secondary N) is 1. The maximum Gasteiger partial charge on any atom is 0.350 e. The number of rotatable bonds is 6. The normalized spacial score (nSPS) is 13.5. The summed E-state index contributed by atoms with van der Waals surface area (Å²) in [6.45, 7) is 0.114. The summed E-state index contributed by atoms with van der Waals surface area (Å²) < 4.78 is 30.2. The van der Waals surface area contributed by atoms with Crippen LogP contribution in [0.15, 0.2) is 53.3 Å². The van der Waals surface area contributed by atoms with Crippen molar-refractivity contribution in [2.24, 2.45) is 0 Å². The first-order valence-corrected chi connectivity index (χ1v) is 9.03. The lowest BCUT2D eigenvalue weighted by Gasteiger charge is -2.06. The molecule has 1 aromatic heterocycles. The molecule has 1 aliphatic rings. The van der Waals surface area contributed by atoms with E-state index in [9.17, 15) is 18.4 Å². The Hall–Kier alpha value is -3.29. The van der Waals surface area contributed by atoms with Crippen molar-refractivity contribution in [3.8, 4) is 5.69 Å². The Labute approximate surface area is 159 Å². The maximum atomic E-state index is 13.7. The Balaban J connectivity index is 1.52. The van der Waals surface area contributed by atoms with Gasteiger partial charge in [0.25, 0.3) is 5.91 Å². The van der Waals surface area contributed by atoms with E-state index in [0.29, 0.717) is 5.82 Å². The van der Waals surface area contributed by atoms with Crippen molar-refractivity contribution in [2.45, 2.75) is 25.3 Å². The van der Waals surface area contributed by atoms with Gasteiger partial charge in [-0.3, -0.25) is 4.79 Å². The molecule has 0 bridgehead atoms. The second kappa shape index (κ2) is 7.38. The lowest BCUT2D eigenvalue weighted by atomic mass is 10.2. The highest BCUT2D eigenvalue weighted by Gasteiger charge is 2.31. The van der Waals surface area contributed by atoms with E-state index in [4.69, 9.17) is 0 Å². The summed E-state index contributed by atoms with van der Waals surface area (Å²) in [5.74, 6) is -1.79. The van der Waals surface area contributed by atoms with E-state index >= 15 is 0 Å². The molecule has 4 rings (SSSR count). The zero-order chi connectivity index (χ0) is 19.7. The number of amides is 1. The number of aromatic nitrogens is 3. The van der Waals surface area contributed by atoms with Crippen molar-refractivity contribution in [1.29, 1.82) is 0 Å². The summed E-state index contributed by atoms with van der Waals surface area (Å²) in [5.41, 5.74) is -0.208. The molecule has 1 amide bonds. The van der Waals surface area contributed by atoms with Crippen molar-refractivity contribution >= 4 is 5.91 Å². The standard InChI is InChI=1S/C20H18F2N4O2/c21-15-7-4-8-16(22)17(15)19(27)23-11-12-25-20(28)26(14-5-2-1-3-6-14)18(24-25)13-9-10-13/h1-8,13H,9-12H2,(H,23,27). The summed E-state index contributed by atoms with van der Waals surface area (Å²) in [7, 11) is 0. The van der Waals surface area contributed by atoms with E-state index in [1.54, 1.807) is 4.57 Å². The lowest BCUT2D eigenvalue weighted by molar-refractivity contribution is 0.0943. The Morgan fingerprint density at radius 1 is 1.07 bits per heavy atom. The van der Waals surface area contributed by atoms with E-state index in [1.807, 2.05) is 30.3 Å². The summed E-state index contributed by atoms with van der Waals surface area (Å²) in [5, 5.41) is 6.86. The first-order valence-electron chi connectivity index (χ1n) is 9.03. The van der Waals surface area contributed by atoms with Crippen molar-refractivity contribution < 1.29 is 13.6 Å². The molecule has 0 saturated heterocycles. The molecule has 1 heterocycles. The van der Waals surface area contributed by atoms with Gasteiger partial charge in [0.05, 0.1) is 12.2 Å². The van der Waals surface area contributed by atoms with Crippen LogP contribution in [0.5, 0.6) is 0 Å². The summed E-state index contributed by atoms with van der Waals surface area (Å²) >= 11 is 0. The number of hydrogen-bond acceptors (Lipinski definition) is 3. The highest BCUT2D eigenvalue weighted by Crippen LogP contribution is 2.39. The third kappa shape index (κ3) is 3.45. The predicted molar refractivity (Wildman–Crippen MR) is 98.5 cm³/mol. The highest BCUT2D eigenvalue weighted by molar-refractivity contribution is 5.94. The van der Waals surface area contributed by atoms with Gasteiger partial charge in [0, 0.05) is 12.5 Å². The number of benzene rings is 2. The Kier molecular flexibility index (Phi) is 4.77. The molecule has 144 valence electrons. The van der Waals surface area contributed by atoms with E-state index in [1.165, 1.54) is 10.7 Å². The zero-order valence-electron chi connectivity index (χ0n) is 14.9. The Morgan fingerprint density at radius 3 is 2.39 bits per heavy atom. The summed E-state index contributed by atoms with van der Waals surface area (Å²) in [6.07, 6.45) is 1.96. The molecule has 0 aliphatic heterocycles. The SMILES string of the molecule is O=C(NCCn1nc(C2CC2)n(-c2ccccc2)c1=O)c1c(F)cccc1F. The van der Waals surface area contributed by atoms with E-state index in [0.717, 1.165) is 30.7 Å². The topological polar surface area (TPSA) is 68.9 Å². The van der Waals surface area contributed by atoms with Gasteiger partial charge in [0.2, 0.25) is 0 Å². The predicted octanol–water partition coefficient (Wildman–Crippen LogP) is 2.62. The van der Waals surface area contributed by atoms with Crippen LogP contribution in [0, 0.1) is 11.6 Å². The van der Waals surface area contributed by atoms with Crippen molar-refractivity contribution in [3.63, 3.8) is 0 Å². The number of carbonyl (C=O) groups excluding carboxylic acids is 1. The molecule has 0 radical (unpaired) electrons. The van der Waals surface area contributed by atoms with Crippen LogP contribution in [-0.4, -0.2) is 26.8 Å². The molecule has 1 N–H and O–H groups in total. The van der Waals surface area contributed by atoms with Gasteiger partial charge in [0.15, 0.2) is 0 Å².